The van der Waals surface area contributed by atoms with Crippen LogP contribution < -0.4 is 11.1 Å². The van der Waals surface area contributed by atoms with Crippen LogP contribution in [0.3, 0.4) is 0 Å². The molecule has 2 rings (SSSR count). The second kappa shape index (κ2) is 5.92. The van der Waals surface area contributed by atoms with Gasteiger partial charge in [-0.1, -0.05) is 23.7 Å². The van der Waals surface area contributed by atoms with E-state index in [9.17, 15) is 9.18 Å². The first kappa shape index (κ1) is 14.3. The van der Waals surface area contributed by atoms with E-state index in [0.717, 1.165) is 5.56 Å². The number of carbonyl (C=O) groups excluding carboxylic acids is 1. The van der Waals surface area contributed by atoms with Crippen LogP contribution in [0.2, 0.25) is 5.02 Å². The summed E-state index contributed by atoms with van der Waals surface area (Å²) in [6, 6.07) is 10.9. The van der Waals surface area contributed by atoms with Gasteiger partial charge in [-0.05, 0) is 42.8 Å². The highest BCUT2D eigenvalue weighted by molar-refractivity contribution is 6.30. The average Bonchev–Trinajstić information content (AvgIpc) is 2.42. The molecule has 104 valence electrons. The lowest BCUT2D eigenvalue weighted by molar-refractivity contribution is 0.0940. The molecule has 1 atom stereocenters. The molecule has 0 fully saturated rings. The van der Waals surface area contributed by atoms with Crippen LogP contribution in [0, 0.1) is 5.82 Å². The number of carbonyl (C=O) groups is 1. The van der Waals surface area contributed by atoms with E-state index in [-0.39, 0.29) is 17.6 Å². The van der Waals surface area contributed by atoms with Crippen LogP contribution >= 0.6 is 11.6 Å². The highest BCUT2D eigenvalue weighted by atomic mass is 35.5. The third-order valence-corrected chi connectivity index (χ3v) is 3.23. The molecule has 20 heavy (non-hydrogen) atoms. The lowest BCUT2D eigenvalue weighted by atomic mass is 10.1. The van der Waals surface area contributed by atoms with E-state index >= 15 is 0 Å². The maximum Gasteiger partial charge on any atom is 0.251 e. The summed E-state index contributed by atoms with van der Waals surface area (Å²) in [6.07, 6.45) is 0. The molecular formula is C15H14ClFN2O. The number of nitrogens with two attached hydrogens (primary N) is 1. The third-order valence-electron chi connectivity index (χ3n) is 2.98. The van der Waals surface area contributed by atoms with Crippen molar-refractivity contribution >= 4 is 23.2 Å². The van der Waals surface area contributed by atoms with Gasteiger partial charge < -0.3 is 11.1 Å². The lowest BCUT2D eigenvalue weighted by Crippen LogP contribution is -2.26. The molecule has 3 nitrogen and oxygen atoms in total. The number of benzene rings is 2. The molecule has 0 aromatic heterocycles. The maximum atomic E-state index is 13.1. The number of halogens is 2. The fourth-order valence-electron chi connectivity index (χ4n) is 1.80. The van der Waals surface area contributed by atoms with Gasteiger partial charge >= 0.3 is 0 Å². The number of anilines is 1. The van der Waals surface area contributed by atoms with Crippen molar-refractivity contribution < 1.29 is 9.18 Å². The minimum absolute atomic E-state index is 0.0446. The molecule has 5 heteroatoms. The molecule has 2 aromatic carbocycles. The number of nitrogen functional groups attached to an aromatic ring is 1. The van der Waals surface area contributed by atoms with E-state index in [1.165, 1.54) is 18.2 Å². The molecule has 0 bridgehead atoms. The lowest BCUT2D eigenvalue weighted by Gasteiger charge is -2.14. The second-order valence-electron chi connectivity index (χ2n) is 4.48. The molecule has 1 amide bonds. The van der Waals surface area contributed by atoms with Gasteiger partial charge in [0.15, 0.2) is 0 Å². The predicted molar refractivity (Wildman–Crippen MR) is 78.1 cm³/mol. The minimum Gasteiger partial charge on any atom is -0.396 e. The summed E-state index contributed by atoms with van der Waals surface area (Å²) in [5.41, 5.74) is 6.66. The standard InChI is InChI=1S/C15H14ClFN2O/c1-9(10-2-5-12(16)6-3-10)19-15(20)11-4-7-13(17)14(18)8-11/h2-9H,18H2,1H3,(H,19,20). The summed E-state index contributed by atoms with van der Waals surface area (Å²) < 4.78 is 13.1. The number of rotatable bonds is 3. The minimum atomic E-state index is -0.535. The summed E-state index contributed by atoms with van der Waals surface area (Å²) in [7, 11) is 0. The topological polar surface area (TPSA) is 55.1 Å². The molecule has 0 saturated heterocycles. The first-order chi connectivity index (χ1) is 9.47. The van der Waals surface area contributed by atoms with Crippen LogP contribution in [-0.4, -0.2) is 5.91 Å². The molecule has 0 aliphatic heterocycles. The summed E-state index contributed by atoms with van der Waals surface area (Å²) in [5, 5.41) is 3.46. The van der Waals surface area contributed by atoms with Gasteiger partial charge in [-0.3, -0.25) is 4.79 Å². The Morgan fingerprint density at radius 3 is 2.50 bits per heavy atom. The zero-order valence-corrected chi connectivity index (χ0v) is 11.6. The van der Waals surface area contributed by atoms with Crippen molar-refractivity contribution in [2.45, 2.75) is 13.0 Å². The van der Waals surface area contributed by atoms with Crippen LogP contribution in [0.15, 0.2) is 42.5 Å². The predicted octanol–water partition coefficient (Wildman–Crippen LogP) is 3.55. The average molecular weight is 293 g/mol. The summed E-state index contributed by atoms with van der Waals surface area (Å²) >= 11 is 5.81. The molecule has 1 unspecified atom stereocenters. The third kappa shape index (κ3) is 3.27. The Bertz CT molecular complexity index is 628. The highest BCUT2D eigenvalue weighted by Gasteiger charge is 2.12. The Morgan fingerprint density at radius 1 is 1.25 bits per heavy atom. The fraction of sp³-hybridized carbons (Fsp3) is 0.133. The number of amides is 1. The van der Waals surface area contributed by atoms with E-state index in [0.29, 0.717) is 10.6 Å². The maximum absolute atomic E-state index is 13.1. The normalized spacial score (nSPS) is 11.9. The molecule has 0 heterocycles. The van der Waals surface area contributed by atoms with Gasteiger partial charge in [0.2, 0.25) is 0 Å². The van der Waals surface area contributed by atoms with E-state index in [1.807, 2.05) is 19.1 Å². The zero-order chi connectivity index (χ0) is 14.7. The number of hydrogen-bond acceptors (Lipinski definition) is 2. The van der Waals surface area contributed by atoms with Crippen molar-refractivity contribution in [2.24, 2.45) is 0 Å². The summed E-state index contributed by atoms with van der Waals surface area (Å²) in [4.78, 5) is 12.0. The first-order valence-corrected chi connectivity index (χ1v) is 6.46. The van der Waals surface area contributed by atoms with E-state index in [1.54, 1.807) is 12.1 Å². The Kier molecular flexibility index (Phi) is 4.25. The van der Waals surface area contributed by atoms with Gasteiger partial charge in [-0.2, -0.15) is 0 Å². The number of hydrogen-bond donors (Lipinski definition) is 2. The zero-order valence-electron chi connectivity index (χ0n) is 10.9. The second-order valence-corrected chi connectivity index (χ2v) is 4.92. The van der Waals surface area contributed by atoms with Crippen molar-refractivity contribution in [1.29, 1.82) is 0 Å². The van der Waals surface area contributed by atoms with Gasteiger partial charge in [-0.15, -0.1) is 0 Å². The molecule has 0 aliphatic rings. The molecule has 0 aliphatic carbocycles. The van der Waals surface area contributed by atoms with Crippen molar-refractivity contribution in [3.8, 4) is 0 Å². The molecular weight excluding hydrogens is 279 g/mol. The molecule has 0 saturated carbocycles. The van der Waals surface area contributed by atoms with E-state index in [4.69, 9.17) is 17.3 Å². The quantitative estimate of drug-likeness (QED) is 0.850. The summed E-state index contributed by atoms with van der Waals surface area (Å²) in [5.74, 6) is -0.841. The van der Waals surface area contributed by atoms with Crippen molar-refractivity contribution in [3.63, 3.8) is 0 Å². The fourth-order valence-corrected chi connectivity index (χ4v) is 1.93. The Morgan fingerprint density at radius 2 is 1.90 bits per heavy atom. The Labute approximate surface area is 121 Å². The monoisotopic (exact) mass is 292 g/mol. The smallest absolute Gasteiger partial charge is 0.251 e. The first-order valence-electron chi connectivity index (χ1n) is 6.08. The van der Waals surface area contributed by atoms with Crippen molar-refractivity contribution in [2.75, 3.05) is 5.73 Å². The van der Waals surface area contributed by atoms with Crippen molar-refractivity contribution in [1.82, 2.24) is 5.32 Å². The molecule has 0 spiro atoms. The van der Waals surface area contributed by atoms with Crippen LogP contribution in [0.1, 0.15) is 28.9 Å². The van der Waals surface area contributed by atoms with E-state index in [2.05, 4.69) is 5.32 Å². The SMILES string of the molecule is CC(NC(=O)c1ccc(F)c(N)c1)c1ccc(Cl)cc1. The molecule has 2 aromatic rings. The Balaban J connectivity index is 2.10. The number of nitrogens with one attached hydrogen (secondary N) is 1. The van der Waals surface area contributed by atoms with Gasteiger partial charge in [0, 0.05) is 10.6 Å². The largest absolute Gasteiger partial charge is 0.396 e. The van der Waals surface area contributed by atoms with Gasteiger partial charge in [0.25, 0.3) is 5.91 Å². The summed E-state index contributed by atoms with van der Waals surface area (Å²) in [6.45, 7) is 1.86. The Hall–Kier alpha value is -2.07. The van der Waals surface area contributed by atoms with Crippen molar-refractivity contribution in [3.05, 3.63) is 64.4 Å². The molecule has 0 radical (unpaired) electrons. The van der Waals surface area contributed by atoms with Crippen LogP contribution in [0.4, 0.5) is 10.1 Å². The van der Waals surface area contributed by atoms with Crippen LogP contribution in [0.5, 0.6) is 0 Å². The van der Waals surface area contributed by atoms with Crippen LogP contribution in [-0.2, 0) is 0 Å². The van der Waals surface area contributed by atoms with Gasteiger partial charge in [-0.25, -0.2) is 4.39 Å². The van der Waals surface area contributed by atoms with Gasteiger partial charge in [0.05, 0.1) is 11.7 Å². The van der Waals surface area contributed by atoms with Gasteiger partial charge in [0.1, 0.15) is 5.82 Å². The van der Waals surface area contributed by atoms with E-state index < -0.39 is 5.82 Å². The molecule has 3 N–H and O–H groups in total. The highest BCUT2D eigenvalue weighted by Crippen LogP contribution is 2.17. The van der Waals surface area contributed by atoms with Crippen LogP contribution in [0.25, 0.3) is 0 Å².